The third-order valence-corrected chi connectivity index (χ3v) is 5.59. The normalized spacial score (nSPS) is 19.4. The van der Waals surface area contributed by atoms with Crippen LogP contribution in [0.1, 0.15) is 43.7 Å². The van der Waals surface area contributed by atoms with Crippen LogP contribution in [0, 0.1) is 11.8 Å². The Morgan fingerprint density at radius 3 is 2.74 bits per heavy atom. The highest BCUT2D eigenvalue weighted by Gasteiger charge is 2.22. The molecule has 0 spiro atoms. The summed E-state index contributed by atoms with van der Waals surface area (Å²) in [5.74, 6) is 2.58. The van der Waals surface area contributed by atoms with E-state index in [4.69, 9.17) is 4.52 Å². The number of H-pyrrole nitrogens is 1. The lowest BCUT2D eigenvalue weighted by Crippen LogP contribution is -2.38. The minimum atomic E-state index is -0.0468. The third kappa shape index (κ3) is 5.75. The van der Waals surface area contributed by atoms with Crippen LogP contribution in [0.4, 0.5) is 0 Å². The zero-order valence-corrected chi connectivity index (χ0v) is 18.0. The second kappa shape index (κ2) is 9.82. The molecule has 4 rings (SSSR count). The van der Waals surface area contributed by atoms with Gasteiger partial charge < -0.3 is 9.84 Å². The van der Waals surface area contributed by atoms with E-state index in [-0.39, 0.29) is 12.3 Å². The Morgan fingerprint density at radius 1 is 1.23 bits per heavy atom. The van der Waals surface area contributed by atoms with Crippen LogP contribution in [0.2, 0.25) is 0 Å². The van der Waals surface area contributed by atoms with Gasteiger partial charge in [0, 0.05) is 39.0 Å². The summed E-state index contributed by atoms with van der Waals surface area (Å²) in [6.45, 7) is 8.35. The Balaban J connectivity index is 1.27. The van der Waals surface area contributed by atoms with Crippen molar-refractivity contribution in [2.45, 2.75) is 46.2 Å². The number of aromatic amines is 1. The van der Waals surface area contributed by atoms with Crippen molar-refractivity contribution in [2.75, 3.05) is 13.1 Å². The summed E-state index contributed by atoms with van der Waals surface area (Å²) < 4.78 is 5.19. The molecule has 0 radical (unpaired) electrons. The SMILES string of the molecule is C[C@@H]1C[C@@H](C)CN(Cc2ccccc2CNC(=O)CCc2nc(-c3ncn[nH]3)no2)C1. The van der Waals surface area contributed by atoms with Crippen molar-refractivity contribution in [2.24, 2.45) is 11.8 Å². The molecular formula is C22H29N7O2. The van der Waals surface area contributed by atoms with E-state index in [0.717, 1.165) is 37.0 Å². The van der Waals surface area contributed by atoms with Crippen molar-refractivity contribution in [1.82, 2.24) is 35.5 Å². The number of aryl methyl sites for hydroxylation is 1. The summed E-state index contributed by atoms with van der Waals surface area (Å²) in [4.78, 5) is 23.1. The van der Waals surface area contributed by atoms with Gasteiger partial charge >= 0.3 is 0 Å². The van der Waals surface area contributed by atoms with Gasteiger partial charge in [0.15, 0.2) is 5.82 Å². The van der Waals surface area contributed by atoms with Crippen molar-refractivity contribution in [3.05, 3.63) is 47.6 Å². The molecule has 0 bridgehead atoms. The van der Waals surface area contributed by atoms with Crippen molar-refractivity contribution in [1.29, 1.82) is 0 Å². The number of benzene rings is 1. The molecule has 0 aliphatic carbocycles. The summed E-state index contributed by atoms with van der Waals surface area (Å²) in [7, 11) is 0. The fourth-order valence-electron chi connectivity index (χ4n) is 4.31. The van der Waals surface area contributed by atoms with Crippen molar-refractivity contribution < 1.29 is 9.32 Å². The summed E-state index contributed by atoms with van der Waals surface area (Å²) in [6, 6.07) is 8.35. The van der Waals surface area contributed by atoms with Crippen LogP contribution in [0.15, 0.2) is 35.1 Å². The van der Waals surface area contributed by atoms with Crippen LogP contribution in [0.3, 0.4) is 0 Å². The third-order valence-electron chi connectivity index (χ3n) is 5.59. The summed E-state index contributed by atoms with van der Waals surface area (Å²) in [6.07, 6.45) is 3.33. The molecule has 9 heteroatoms. The largest absolute Gasteiger partial charge is 0.352 e. The molecule has 3 heterocycles. The van der Waals surface area contributed by atoms with Gasteiger partial charge in [0.2, 0.25) is 17.6 Å². The van der Waals surface area contributed by atoms with Gasteiger partial charge in [0.25, 0.3) is 0 Å². The monoisotopic (exact) mass is 423 g/mol. The molecule has 0 unspecified atom stereocenters. The lowest BCUT2D eigenvalue weighted by atomic mass is 9.91. The molecule has 9 nitrogen and oxygen atoms in total. The molecule has 164 valence electrons. The molecule has 3 aromatic rings. The number of nitrogens with one attached hydrogen (secondary N) is 2. The number of amides is 1. The Bertz CT molecular complexity index is 975. The van der Waals surface area contributed by atoms with Gasteiger partial charge in [0.05, 0.1) is 0 Å². The number of nitrogens with zero attached hydrogens (tertiary/aromatic N) is 5. The Morgan fingerprint density at radius 2 is 2.00 bits per heavy atom. The van der Waals surface area contributed by atoms with Crippen LogP contribution in [-0.4, -0.2) is 49.2 Å². The number of hydrogen-bond donors (Lipinski definition) is 2. The number of carbonyl (C=O) groups is 1. The Labute approximate surface area is 181 Å². The topological polar surface area (TPSA) is 113 Å². The molecule has 2 N–H and O–H groups in total. The first-order valence-electron chi connectivity index (χ1n) is 10.8. The van der Waals surface area contributed by atoms with E-state index in [9.17, 15) is 4.79 Å². The van der Waals surface area contributed by atoms with Crippen LogP contribution in [0.5, 0.6) is 0 Å². The minimum absolute atomic E-state index is 0.0468. The van der Waals surface area contributed by atoms with Gasteiger partial charge in [-0.25, -0.2) is 4.98 Å². The molecule has 1 aliphatic rings. The van der Waals surface area contributed by atoms with Crippen LogP contribution >= 0.6 is 0 Å². The summed E-state index contributed by atoms with van der Waals surface area (Å²) >= 11 is 0. The predicted molar refractivity (Wildman–Crippen MR) is 115 cm³/mol. The zero-order chi connectivity index (χ0) is 21.6. The van der Waals surface area contributed by atoms with Gasteiger partial charge in [-0.1, -0.05) is 43.3 Å². The number of carbonyl (C=O) groups excluding carboxylic acids is 1. The lowest BCUT2D eigenvalue weighted by molar-refractivity contribution is -0.121. The average Bonchev–Trinajstić information content (AvgIpc) is 3.42. The van der Waals surface area contributed by atoms with Gasteiger partial charge in [-0.15, -0.1) is 0 Å². The number of rotatable bonds is 8. The maximum absolute atomic E-state index is 12.4. The molecular weight excluding hydrogens is 394 g/mol. The summed E-state index contributed by atoms with van der Waals surface area (Å²) in [5, 5.41) is 13.3. The van der Waals surface area contributed by atoms with E-state index < -0.39 is 0 Å². The first-order chi connectivity index (χ1) is 15.1. The molecule has 0 saturated carbocycles. The zero-order valence-electron chi connectivity index (χ0n) is 18.0. The fourth-order valence-corrected chi connectivity index (χ4v) is 4.31. The van der Waals surface area contributed by atoms with Crippen LogP contribution < -0.4 is 5.32 Å². The quantitative estimate of drug-likeness (QED) is 0.572. The van der Waals surface area contributed by atoms with Crippen molar-refractivity contribution in [3.63, 3.8) is 0 Å². The second-order valence-corrected chi connectivity index (χ2v) is 8.53. The van der Waals surface area contributed by atoms with Gasteiger partial charge in [-0.2, -0.15) is 10.1 Å². The maximum atomic E-state index is 12.4. The van der Waals surface area contributed by atoms with Crippen molar-refractivity contribution in [3.8, 4) is 11.6 Å². The Kier molecular flexibility index (Phi) is 6.71. The highest BCUT2D eigenvalue weighted by atomic mass is 16.5. The molecule has 2 aromatic heterocycles. The molecule has 1 amide bonds. The first-order valence-corrected chi connectivity index (χ1v) is 10.8. The molecule has 31 heavy (non-hydrogen) atoms. The maximum Gasteiger partial charge on any atom is 0.239 e. The van der Waals surface area contributed by atoms with Crippen LogP contribution in [-0.2, 0) is 24.3 Å². The van der Waals surface area contributed by atoms with E-state index >= 15 is 0 Å². The van der Waals surface area contributed by atoms with Crippen molar-refractivity contribution >= 4 is 5.91 Å². The van der Waals surface area contributed by atoms with E-state index in [1.165, 1.54) is 18.3 Å². The molecule has 2 atom stereocenters. The minimum Gasteiger partial charge on any atom is -0.352 e. The Hall–Kier alpha value is -3.07. The van der Waals surface area contributed by atoms with Gasteiger partial charge in [-0.3, -0.25) is 14.8 Å². The smallest absolute Gasteiger partial charge is 0.239 e. The van der Waals surface area contributed by atoms with E-state index in [1.807, 2.05) is 6.07 Å². The summed E-state index contributed by atoms with van der Waals surface area (Å²) in [5.41, 5.74) is 2.44. The highest BCUT2D eigenvalue weighted by Crippen LogP contribution is 2.23. The average molecular weight is 424 g/mol. The second-order valence-electron chi connectivity index (χ2n) is 8.53. The van der Waals surface area contributed by atoms with Crippen LogP contribution in [0.25, 0.3) is 11.6 Å². The highest BCUT2D eigenvalue weighted by molar-refractivity contribution is 5.76. The fraction of sp³-hybridized carbons (Fsp3) is 0.500. The molecule has 1 aromatic carbocycles. The number of aromatic nitrogens is 5. The molecule has 1 saturated heterocycles. The number of piperidine rings is 1. The standard InChI is InChI=1S/C22H29N7O2/c1-15-9-16(2)12-29(11-15)13-18-6-4-3-5-17(18)10-23-19(30)7-8-20-26-22(28-31-20)21-24-14-25-27-21/h3-6,14-16H,7-13H2,1-2H3,(H,23,30)(H,24,25,27)/t15-,16-/m1/s1. The molecule has 1 aliphatic heterocycles. The van der Waals surface area contributed by atoms with Gasteiger partial charge in [0.1, 0.15) is 6.33 Å². The molecule has 1 fully saturated rings. The predicted octanol–water partition coefficient (Wildman–Crippen LogP) is 2.58. The number of likely N-dealkylation sites (tertiary alicyclic amines) is 1. The van der Waals surface area contributed by atoms with E-state index in [1.54, 1.807) is 0 Å². The number of hydrogen-bond acceptors (Lipinski definition) is 7. The van der Waals surface area contributed by atoms with Gasteiger partial charge in [-0.05, 0) is 29.4 Å². The first kappa shape index (κ1) is 21.2. The van der Waals surface area contributed by atoms with E-state index in [0.29, 0.717) is 30.5 Å². The lowest BCUT2D eigenvalue weighted by Gasteiger charge is -2.35. The van der Waals surface area contributed by atoms with E-state index in [2.05, 4.69) is 67.6 Å².